The van der Waals surface area contributed by atoms with Gasteiger partial charge in [-0.05, 0) is 39.6 Å². The zero-order valence-electron chi connectivity index (χ0n) is 15.3. The number of hydrogen-bond donors (Lipinski definition) is 0. The molecule has 0 aromatic heterocycles. The van der Waals surface area contributed by atoms with E-state index in [1.807, 2.05) is 6.07 Å². The Balaban J connectivity index is 1.54. The van der Waals surface area contributed by atoms with Gasteiger partial charge in [-0.25, -0.2) is 4.39 Å². The number of methoxy groups -OCH3 is 1. The Kier molecular flexibility index (Phi) is 7.26. The van der Waals surface area contributed by atoms with Gasteiger partial charge in [0.2, 0.25) is 0 Å². The summed E-state index contributed by atoms with van der Waals surface area (Å²) in [6, 6.07) is 13.4. The summed E-state index contributed by atoms with van der Waals surface area (Å²) < 4.78 is 30.4. The van der Waals surface area contributed by atoms with Crippen molar-refractivity contribution in [2.75, 3.05) is 33.6 Å². The summed E-state index contributed by atoms with van der Waals surface area (Å²) in [6.45, 7) is 3.32. The molecule has 6 heteroatoms. The first kappa shape index (κ1) is 19.9. The molecule has 0 bridgehead atoms. The summed E-state index contributed by atoms with van der Waals surface area (Å²) in [6.07, 6.45) is 3.17. The van der Waals surface area contributed by atoms with E-state index in [-0.39, 0.29) is 12.5 Å². The van der Waals surface area contributed by atoms with Gasteiger partial charge in [-0.3, -0.25) is 4.90 Å². The maximum Gasteiger partial charge on any atom is 0.188 e. The van der Waals surface area contributed by atoms with Gasteiger partial charge >= 0.3 is 0 Å². The van der Waals surface area contributed by atoms with E-state index in [0.29, 0.717) is 16.8 Å². The fraction of sp³-hybridized carbons (Fsp3) is 0.333. The minimum absolute atomic E-state index is 0.0135. The number of nitrogens with zero attached hydrogens (tertiary/aromatic N) is 1. The van der Waals surface area contributed by atoms with Crippen LogP contribution in [0, 0.1) is 5.82 Å². The van der Waals surface area contributed by atoms with Crippen LogP contribution in [0.25, 0.3) is 0 Å². The minimum atomic E-state index is -0.459. The molecule has 0 unspecified atom stereocenters. The van der Waals surface area contributed by atoms with Crippen LogP contribution in [0.4, 0.5) is 4.39 Å². The largest absolute Gasteiger partial charge is 0.488 e. The summed E-state index contributed by atoms with van der Waals surface area (Å²) >= 11 is 3.34. The van der Waals surface area contributed by atoms with Crippen molar-refractivity contribution in [1.29, 1.82) is 0 Å². The van der Waals surface area contributed by atoms with Gasteiger partial charge in [0.1, 0.15) is 12.4 Å². The molecular weight excluding hydrogens is 413 g/mol. The number of benzene rings is 2. The van der Waals surface area contributed by atoms with Gasteiger partial charge in [-0.1, -0.05) is 36.4 Å². The monoisotopic (exact) mass is 435 g/mol. The van der Waals surface area contributed by atoms with E-state index in [1.54, 1.807) is 6.07 Å². The molecule has 3 rings (SSSR count). The zero-order chi connectivity index (χ0) is 19.1. The summed E-state index contributed by atoms with van der Waals surface area (Å²) in [5.41, 5.74) is 2.57. The van der Waals surface area contributed by atoms with Crippen molar-refractivity contribution in [3.05, 3.63) is 70.0 Å². The Morgan fingerprint density at radius 3 is 2.63 bits per heavy atom. The van der Waals surface area contributed by atoms with E-state index in [4.69, 9.17) is 14.2 Å². The fourth-order valence-electron chi connectivity index (χ4n) is 2.89. The van der Waals surface area contributed by atoms with Gasteiger partial charge in [-0.15, -0.1) is 0 Å². The zero-order valence-corrected chi connectivity index (χ0v) is 16.9. The van der Waals surface area contributed by atoms with Gasteiger partial charge < -0.3 is 14.2 Å². The number of rotatable bonds is 8. The van der Waals surface area contributed by atoms with Crippen molar-refractivity contribution in [2.24, 2.45) is 0 Å². The van der Waals surface area contributed by atoms with Crippen molar-refractivity contribution < 1.29 is 18.6 Å². The van der Waals surface area contributed by atoms with Gasteiger partial charge in [0.05, 0.1) is 4.47 Å². The standard InChI is InChI=1S/C21H23BrFNO3/c1-25-15-27-21-12-20(18(22)11-19(21)23)26-14-17-7-9-24(10-8-17)13-16-5-3-2-4-6-16/h2-7,11-12H,8-10,13-15H2,1H3. The molecule has 2 aromatic carbocycles. The van der Waals surface area contributed by atoms with Crippen LogP contribution in [-0.2, 0) is 11.3 Å². The van der Waals surface area contributed by atoms with Crippen LogP contribution in [0.3, 0.4) is 0 Å². The molecule has 27 heavy (non-hydrogen) atoms. The quantitative estimate of drug-likeness (QED) is 0.440. The van der Waals surface area contributed by atoms with Crippen LogP contribution in [0.5, 0.6) is 11.5 Å². The summed E-state index contributed by atoms with van der Waals surface area (Å²) in [4.78, 5) is 2.41. The van der Waals surface area contributed by atoms with Gasteiger partial charge in [0.25, 0.3) is 0 Å². The van der Waals surface area contributed by atoms with E-state index < -0.39 is 5.82 Å². The van der Waals surface area contributed by atoms with Crippen molar-refractivity contribution in [2.45, 2.75) is 13.0 Å². The van der Waals surface area contributed by atoms with Crippen LogP contribution in [0.1, 0.15) is 12.0 Å². The highest BCUT2D eigenvalue weighted by Gasteiger charge is 2.15. The van der Waals surface area contributed by atoms with E-state index in [0.717, 1.165) is 26.1 Å². The summed E-state index contributed by atoms with van der Waals surface area (Å²) in [7, 11) is 1.49. The second-order valence-electron chi connectivity index (χ2n) is 6.39. The Hall–Kier alpha value is -1.89. The predicted molar refractivity (Wildman–Crippen MR) is 107 cm³/mol. The first-order chi connectivity index (χ1) is 13.2. The maximum absolute atomic E-state index is 13.9. The van der Waals surface area contributed by atoms with Gasteiger partial charge in [0.15, 0.2) is 18.4 Å². The molecule has 1 heterocycles. The lowest BCUT2D eigenvalue weighted by Crippen LogP contribution is -2.29. The molecule has 0 spiro atoms. The third kappa shape index (κ3) is 5.79. The Bertz CT molecular complexity index is 782. The van der Waals surface area contributed by atoms with Gasteiger partial charge in [-0.2, -0.15) is 0 Å². The third-order valence-electron chi connectivity index (χ3n) is 4.37. The molecule has 1 aliphatic heterocycles. The lowest BCUT2D eigenvalue weighted by molar-refractivity contribution is 0.0481. The topological polar surface area (TPSA) is 30.9 Å². The molecule has 0 saturated heterocycles. The second kappa shape index (κ2) is 9.88. The Morgan fingerprint density at radius 1 is 1.11 bits per heavy atom. The van der Waals surface area contributed by atoms with E-state index in [1.165, 1.54) is 24.3 Å². The molecule has 0 aliphatic carbocycles. The molecular formula is C21H23BrFNO3. The van der Waals surface area contributed by atoms with E-state index in [2.05, 4.69) is 51.2 Å². The Labute approximate surface area is 167 Å². The highest BCUT2D eigenvalue weighted by atomic mass is 79.9. The number of hydrogen-bond acceptors (Lipinski definition) is 4. The lowest BCUT2D eigenvalue weighted by atomic mass is 10.1. The van der Waals surface area contributed by atoms with Crippen molar-refractivity contribution in [1.82, 2.24) is 4.90 Å². The fourth-order valence-corrected chi connectivity index (χ4v) is 3.32. The Morgan fingerprint density at radius 2 is 1.93 bits per heavy atom. The third-order valence-corrected chi connectivity index (χ3v) is 4.99. The molecule has 0 atom stereocenters. The molecule has 0 radical (unpaired) electrons. The molecule has 0 fully saturated rings. The first-order valence-electron chi connectivity index (χ1n) is 8.83. The highest BCUT2D eigenvalue weighted by molar-refractivity contribution is 9.10. The van der Waals surface area contributed by atoms with E-state index in [9.17, 15) is 4.39 Å². The SMILES string of the molecule is COCOc1cc(OCC2=CCN(Cc3ccccc3)CC2)c(Br)cc1F. The molecule has 0 saturated carbocycles. The second-order valence-corrected chi connectivity index (χ2v) is 7.24. The molecule has 144 valence electrons. The predicted octanol–water partition coefficient (Wildman–Crippen LogP) is 4.78. The van der Waals surface area contributed by atoms with Crippen LogP contribution < -0.4 is 9.47 Å². The molecule has 2 aromatic rings. The van der Waals surface area contributed by atoms with Crippen molar-refractivity contribution in [3.8, 4) is 11.5 Å². The molecule has 1 aliphatic rings. The van der Waals surface area contributed by atoms with Crippen LogP contribution in [-0.4, -0.2) is 38.5 Å². The number of halogens is 2. The lowest BCUT2D eigenvalue weighted by Gasteiger charge is -2.26. The van der Waals surface area contributed by atoms with Crippen LogP contribution in [0.15, 0.2) is 58.6 Å². The molecule has 0 amide bonds. The number of ether oxygens (including phenoxy) is 3. The van der Waals surface area contributed by atoms with E-state index >= 15 is 0 Å². The molecule has 4 nitrogen and oxygen atoms in total. The highest BCUT2D eigenvalue weighted by Crippen LogP contribution is 2.32. The van der Waals surface area contributed by atoms with Crippen LogP contribution in [0.2, 0.25) is 0 Å². The van der Waals surface area contributed by atoms with Crippen molar-refractivity contribution >= 4 is 15.9 Å². The van der Waals surface area contributed by atoms with Crippen LogP contribution >= 0.6 is 15.9 Å². The average Bonchev–Trinajstić information content (AvgIpc) is 2.68. The first-order valence-corrected chi connectivity index (χ1v) is 9.63. The smallest absolute Gasteiger partial charge is 0.188 e. The minimum Gasteiger partial charge on any atom is -0.488 e. The average molecular weight is 436 g/mol. The molecule has 0 N–H and O–H groups in total. The van der Waals surface area contributed by atoms with Crippen molar-refractivity contribution in [3.63, 3.8) is 0 Å². The van der Waals surface area contributed by atoms with Gasteiger partial charge in [0, 0.05) is 32.8 Å². The summed E-state index contributed by atoms with van der Waals surface area (Å²) in [5.74, 6) is 0.205. The normalized spacial score (nSPS) is 14.7. The summed E-state index contributed by atoms with van der Waals surface area (Å²) in [5, 5.41) is 0. The maximum atomic E-state index is 13.9.